The molecule has 0 spiro atoms. The van der Waals surface area contributed by atoms with Gasteiger partial charge in [-0.25, -0.2) is 4.79 Å². The molecule has 0 radical (unpaired) electrons. The first-order chi connectivity index (χ1) is 27.2. The van der Waals surface area contributed by atoms with Crippen LogP contribution in [-0.4, -0.2) is 65.6 Å². The molecule has 0 heterocycles. The zero-order valence-electron chi connectivity index (χ0n) is 36.0. The Labute approximate surface area is 342 Å². The van der Waals surface area contributed by atoms with E-state index in [1.165, 1.54) is 12.0 Å². The second-order valence-electron chi connectivity index (χ2n) is 18.9. The molecule has 2 bridgehead atoms. The molecule has 2 N–H and O–H groups in total. The molecule has 7 unspecified atom stereocenters. The van der Waals surface area contributed by atoms with Gasteiger partial charge in [0.2, 0.25) is 0 Å². The smallest absolute Gasteiger partial charge is 0.410 e. The number of hydrogen-bond acceptors (Lipinski definition) is 7. The minimum atomic E-state index is -1.29. The van der Waals surface area contributed by atoms with Gasteiger partial charge in [-0.3, -0.25) is 4.79 Å². The predicted octanol–water partition coefficient (Wildman–Crippen LogP) is 10.6. The van der Waals surface area contributed by atoms with Crippen molar-refractivity contribution in [2.24, 2.45) is 29.1 Å². The number of aliphatic hydroxyl groups is 2. The van der Waals surface area contributed by atoms with Crippen molar-refractivity contribution in [3.8, 4) is 11.5 Å². The van der Waals surface area contributed by atoms with Gasteiger partial charge in [0.25, 0.3) is 0 Å². The van der Waals surface area contributed by atoms with E-state index < -0.39 is 23.2 Å². The Morgan fingerprint density at radius 1 is 0.947 bits per heavy atom. The molecule has 314 valence electrons. The highest BCUT2D eigenvalue weighted by Crippen LogP contribution is 2.59. The molecule has 3 fully saturated rings. The second kappa shape index (κ2) is 18.7. The number of hydrogen-bond donors (Lipinski definition) is 2. The Hall–Kier alpha value is -3.36. The fourth-order valence-corrected chi connectivity index (χ4v) is 10.9. The number of amides is 1. The molecule has 0 saturated heterocycles. The first kappa shape index (κ1) is 43.2. The van der Waals surface area contributed by atoms with E-state index in [9.17, 15) is 19.8 Å². The molecular weight excluding hydrogens is 715 g/mol. The number of ketones is 1. The second-order valence-corrected chi connectivity index (χ2v) is 18.9. The first-order valence-corrected chi connectivity index (χ1v) is 22.1. The Kier molecular flexibility index (Phi) is 14.2. The van der Waals surface area contributed by atoms with E-state index in [2.05, 4.69) is 58.9 Å². The van der Waals surface area contributed by atoms with Gasteiger partial charge < -0.3 is 29.3 Å². The summed E-state index contributed by atoms with van der Waals surface area (Å²) in [6, 6.07) is 11.9. The normalized spacial score (nSPS) is 29.9. The summed E-state index contributed by atoms with van der Waals surface area (Å²) in [4.78, 5) is 31.0. The summed E-state index contributed by atoms with van der Waals surface area (Å²) >= 11 is 0. The summed E-state index contributed by atoms with van der Waals surface area (Å²) in [7, 11) is 3.24. The van der Waals surface area contributed by atoms with Gasteiger partial charge in [0.1, 0.15) is 17.6 Å². The lowest BCUT2D eigenvalue weighted by Crippen LogP contribution is -2.54. The third-order valence-electron chi connectivity index (χ3n) is 14.7. The zero-order chi connectivity index (χ0) is 40.9. The van der Waals surface area contributed by atoms with Gasteiger partial charge in [0.15, 0.2) is 5.78 Å². The van der Waals surface area contributed by atoms with Crippen LogP contribution in [0, 0.1) is 29.1 Å². The van der Waals surface area contributed by atoms with Crippen molar-refractivity contribution in [1.29, 1.82) is 0 Å². The van der Waals surface area contributed by atoms with Gasteiger partial charge in [0, 0.05) is 28.5 Å². The third-order valence-corrected chi connectivity index (χ3v) is 14.7. The lowest BCUT2D eigenvalue weighted by Gasteiger charge is -2.46. The highest BCUT2D eigenvalue weighted by Gasteiger charge is 2.58. The maximum absolute atomic E-state index is 14.7. The number of nitrogens with zero attached hydrogens (tertiary/aromatic N) is 1. The van der Waals surface area contributed by atoms with Gasteiger partial charge >= 0.3 is 6.09 Å². The Morgan fingerprint density at radius 2 is 1.72 bits per heavy atom. The Balaban J connectivity index is 1.41. The van der Waals surface area contributed by atoms with Gasteiger partial charge in [-0.15, -0.1) is 0 Å². The molecule has 5 aliphatic rings. The minimum Gasteiger partial charge on any atom is -0.497 e. The van der Waals surface area contributed by atoms with E-state index in [-0.39, 0.29) is 42.7 Å². The van der Waals surface area contributed by atoms with Crippen molar-refractivity contribution in [3.05, 3.63) is 70.3 Å². The van der Waals surface area contributed by atoms with Crippen molar-refractivity contribution in [3.63, 3.8) is 0 Å². The summed E-state index contributed by atoms with van der Waals surface area (Å²) in [6.45, 7) is 11.3. The van der Waals surface area contributed by atoms with E-state index >= 15 is 0 Å². The number of rotatable bonds is 10. The standard InChI is InChI=1S/C49H71NO7/c1-32(2)40-21-16-34(4)26-45(40)57-47(53)50(30-37-18-20-39(55-6)29-44(37)56-7)31-49(54)25-23-43-41-22-17-35(28-42(41)46(52)36-13-9-8-10-14-36)27-38(51)19-15-33(3)12-11-24-48(43,49)5/h12,17-18,20,22,28-29,32,34,36,38,40,43,45,51,54H,8-11,13-16,19,21,23-27,30-31H2,1-7H3. The maximum Gasteiger partial charge on any atom is 0.410 e. The predicted molar refractivity (Wildman–Crippen MR) is 226 cm³/mol. The molecular formula is C49H71NO7. The number of benzene rings is 2. The monoisotopic (exact) mass is 786 g/mol. The summed E-state index contributed by atoms with van der Waals surface area (Å²) < 4.78 is 17.9. The van der Waals surface area contributed by atoms with Crippen LogP contribution in [0.5, 0.6) is 11.5 Å². The topological polar surface area (TPSA) is 106 Å². The molecule has 7 atom stereocenters. The quantitative estimate of drug-likeness (QED) is 0.182. The number of carbonyl (C=O) groups is 2. The van der Waals surface area contributed by atoms with E-state index in [0.29, 0.717) is 55.4 Å². The van der Waals surface area contributed by atoms with Crippen molar-refractivity contribution < 1.29 is 34.0 Å². The summed E-state index contributed by atoms with van der Waals surface area (Å²) in [5.74, 6) is 2.48. The SMILES string of the molecule is COc1ccc(CN(CC2(O)CCC3c4ccc(cc4C(=O)C4CCCCC4)CC(O)CCC(C)=CCCC32C)C(=O)OC2CC(C)CCC2C(C)C)c(OC)c1. The molecule has 5 aliphatic carbocycles. The lowest BCUT2D eigenvalue weighted by molar-refractivity contribution is -0.0877. The van der Waals surface area contributed by atoms with E-state index in [0.717, 1.165) is 80.0 Å². The average molecular weight is 786 g/mol. The molecule has 1 amide bonds. The molecule has 3 saturated carbocycles. The summed E-state index contributed by atoms with van der Waals surface area (Å²) in [6.07, 6.45) is 13.8. The first-order valence-electron chi connectivity index (χ1n) is 22.1. The molecule has 57 heavy (non-hydrogen) atoms. The van der Waals surface area contributed by atoms with Gasteiger partial charge in [-0.05, 0) is 131 Å². The highest BCUT2D eigenvalue weighted by molar-refractivity contribution is 5.99. The fraction of sp³-hybridized carbons (Fsp3) is 0.673. The maximum atomic E-state index is 14.7. The number of methoxy groups -OCH3 is 2. The van der Waals surface area contributed by atoms with Crippen molar-refractivity contribution >= 4 is 11.9 Å². The van der Waals surface area contributed by atoms with Crippen LogP contribution in [0.25, 0.3) is 0 Å². The Morgan fingerprint density at radius 3 is 2.44 bits per heavy atom. The molecule has 8 heteroatoms. The third kappa shape index (κ3) is 9.75. The van der Waals surface area contributed by atoms with Crippen molar-refractivity contribution in [1.82, 2.24) is 4.90 Å². The van der Waals surface area contributed by atoms with Crippen LogP contribution in [0.3, 0.4) is 0 Å². The highest BCUT2D eigenvalue weighted by atomic mass is 16.6. The number of aliphatic hydroxyl groups excluding tert-OH is 1. The van der Waals surface area contributed by atoms with Crippen LogP contribution in [0.4, 0.5) is 4.79 Å². The number of Topliss-reactive ketones (excluding diaryl/α,β-unsaturated/α-hetero) is 1. The van der Waals surface area contributed by atoms with Crippen LogP contribution < -0.4 is 9.47 Å². The average Bonchev–Trinajstić information content (AvgIpc) is 3.45. The molecule has 0 aliphatic heterocycles. The van der Waals surface area contributed by atoms with Crippen molar-refractivity contribution in [2.75, 3.05) is 20.8 Å². The number of fused-ring (bicyclic) bond motifs is 8. The van der Waals surface area contributed by atoms with E-state index in [1.54, 1.807) is 19.1 Å². The van der Waals surface area contributed by atoms with Crippen LogP contribution in [0.1, 0.15) is 157 Å². The van der Waals surface area contributed by atoms with Gasteiger partial charge in [0.05, 0.1) is 39.0 Å². The van der Waals surface area contributed by atoms with Crippen LogP contribution in [0.15, 0.2) is 48.0 Å². The summed E-state index contributed by atoms with van der Waals surface area (Å²) in [5.41, 5.74) is 2.82. The minimum absolute atomic E-state index is 0.00408. The molecule has 7 rings (SSSR count). The fourth-order valence-electron chi connectivity index (χ4n) is 10.9. The number of carbonyl (C=O) groups excluding carboxylic acids is 2. The Bertz CT molecular complexity index is 1730. The van der Waals surface area contributed by atoms with Crippen LogP contribution >= 0.6 is 0 Å². The van der Waals surface area contributed by atoms with Gasteiger partial charge in [-0.1, -0.05) is 77.2 Å². The zero-order valence-corrected chi connectivity index (χ0v) is 36.0. The largest absolute Gasteiger partial charge is 0.497 e. The van der Waals surface area contributed by atoms with Gasteiger partial charge in [-0.2, -0.15) is 0 Å². The lowest BCUT2D eigenvalue weighted by atomic mass is 9.64. The molecule has 8 nitrogen and oxygen atoms in total. The van der Waals surface area contributed by atoms with Crippen LogP contribution in [0.2, 0.25) is 0 Å². The van der Waals surface area contributed by atoms with Crippen molar-refractivity contribution in [2.45, 2.75) is 161 Å². The number of allylic oxidation sites excluding steroid dienone is 2. The molecule has 2 aromatic carbocycles. The van der Waals surface area contributed by atoms with Crippen LogP contribution in [-0.2, 0) is 17.7 Å². The summed E-state index contributed by atoms with van der Waals surface area (Å²) in [5, 5.41) is 24.4. The van der Waals surface area contributed by atoms with E-state index in [1.807, 2.05) is 18.2 Å². The molecule has 0 aromatic heterocycles. The molecule has 2 aromatic rings. The van der Waals surface area contributed by atoms with E-state index in [4.69, 9.17) is 14.2 Å². The number of ether oxygens (including phenoxy) is 3.